The summed E-state index contributed by atoms with van der Waals surface area (Å²) in [6, 6.07) is 10.9. The third-order valence-corrected chi connectivity index (χ3v) is 3.58. The second kappa shape index (κ2) is 8.18. The third-order valence-electron chi connectivity index (χ3n) is 3.14. The van der Waals surface area contributed by atoms with E-state index in [9.17, 15) is 9.18 Å². The molecule has 2 rings (SSSR count). The van der Waals surface area contributed by atoms with Crippen LogP contribution in [0.4, 0.5) is 4.39 Å². The quantitative estimate of drug-likeness (QED) is 0.840. The van der Waals surface area contributed by atoms with Crippen molar-refractivity contribution in [3.8, 4) is 5.75 Å². The summed E-state index contributed by atoms with van der Waals surface area (Å²) < 4.78 is 18.3. The summed E-state index contributed by atoms with van der Waals surface area (Å²) in [6.45, 7) is 2.08. The molecule has 0 saturated heterocycles. The highest BCUT2D eigenvalue weighted by Crippen LogP contribution is 2.24. The summed E-state index contributed by atoms with van der Waals surface area (Å²) in [5, 5.41) is 3.65. The second-order valence-corrected chi connectivity index (χ2v) is 5.91. The van der Waals surface area contributed by atoms with Crippen LogP contribution in [0.5, 0.6) is 5.75 Å². The number of nitrogens with one attached hydrogen (secondary N) is 1. The summed E-state index contributed by atoms with van der Waals surface area (Å²) in [7, 11) is 0. The first-order chi connectivity index (χ1) is 10.9. The Morgan fingerprint density at radius 2 is 1.78 bits per heavy atom. The zero-order valence-corrected chi connectivity index (χ0v) is 14.0. The number of benzene rings is 2. The van der Waals surface area contributed by atoms with Gasteiger partial charge in [-0.3, -0.25) is 4.79 Å². The van der Waals surface area contributed by atoms with E-state index in [0.717, 1.165) is 5.56 Å². The van der Waals surface area contributed by atoms with Crippen LogP contribution in [0.15, 0.2) is 42.5 Å². The molecule has 6 heteroatoms. The van der Waals surface area contributed by atoms with Crippen LogP contribution in [0, 0.1) is 5.82 Å². The van der Waals surface area contributed by atoms with E-state index in [0.29, 0.717) is 28.8 Å². The molecule has 0 radical (unpaired) electrons. The van der Waals surface area contributed by atoms with Crippen LogP contribution < -0.4 is 10.1 Å². The zero-order chi connectivity index (χ0) is 16.8. The number of hydrogen-bond acceptors (Lipinski definition) is 2. The van der Waals surface area contributed by atoms with Gasteiger partial charge in [-0.1, -0.05) is 35.3 Å². The van der Waals surface area contributed by atoms with Crippen LogP contribution in [0.2, 0.25) is 10.0 Å². The molecule has 2 aromatic rings. The van der Waals surface area contributed by atoms with Gasteiger partial charge in [-0.2, -0.15) is 0 Å². The van der Waals surface area contributed by atoms with Crippen LogP contribution in [0.25, 0.3) is 0 Å². The minimum absolute atomic E-state index is 0.247. The number of halogens is 3. The van der Waals surface area contributed by atoms with Gasteiger partial charge in [-0.25, -0.2) is 4.39 Å². The summed E-state index contributed by atoms with van der Waals surface area (Å²) in [5.74, 6) is -0.0908. The van der Waals surface area contributed by atoms with E-state index in [-0.39, 0.29) is 11.7 Å². The van der Waals surface area contributed by atoms with Crippen molar-refractivity contribution in [3.63, 3.8) is 0 Å². The third kappa shape index (κ3) is 5.73. The standard InChI is InChI=1S/C17H16Cl2FNO2/c1-11(23-16-9-13(18)8-14(19)10-16)17(22)21-7-6-12-2-4-15(20)5-3-12/h2-5,8-11H,6-7H2,1H3,(H,21,22). The smallest absolute Gasteiger partial charge is 0.260 e. The van der Waals surface area contributed by atoms with Gasteiger partial charge in [-0.15, -0.1) is 0 Å². The van der Waals surface area contributed by atoms with Crippen LogP contribution >= 0.6 is 23.2 Å². The Balaban J connectivity index is 1.81. The fourth-order valence-electron chi connectivity index (χ4n) is 1.98. The molecule has 23 heavy (non-hydrogen) atoms. The maximum atomic E-state index is 12.8. The van der Waals surface area contributed by atoms with Gasteiger partial charge in [0.1, 0.15) is 11.6 Å². The Hall–Kier alpha value is -1.78. The Morgan fingerprint density at radius 3 is 2.39 bits per heavy atom. The molecule has 0 heterocycles. The number of ether oxygens (including phenoxy) is 1. The predicted octanol–water partition coefficient (Wildman–Crippen LogP) is 4.26. The van der Waals surface area contributed by atoms with Crippen LogP contribution in [-0.4, -0.2) is 18.6 Å². The van der Waals surface area contributed by atoms with E-state index in [1.807, 2.05) is 0 Å². The number of rotatable bonds is 6. The van der Waals surface area contributed by atoms with Gasteiger partial charge in [0.15, 0.2) is 6.10 Å². The van der Waals surface area contributed by atoms with Crippen molar-refractivity contribution in [2.75, 3.05) is 6.54 Å². The van der Waals surface area contributed by atoms with Crippen molar-refractivity contribution in [1.82, 2.24) is 5.32 Å². The first kappa shape index (κ1) is 17.6. The number of carbonyl (C=O) groups is 1. The van der Waals surface area contributed by atoms with Gasteiger partial charge in [0.25, 0.3) is 5.91 Å². The molecule has 0 spiro atoms. The maximum Gasteiger partial charge on any atom is 0.260 e. The molecule has 0 aliphatic heterocycles. The molecule has 1 atom stereocenters. The Kier molecular flexibility index (Phi) is 6.25. The molecule has 0 saturated carbocycles. The normalized spacial score (nSPS) is 11.8. The maximum absolute atomic E-state index is 12.8. The largest absolute Gasteiger partial charge is 0.481 e. The zero-order valence-electron chi connectivity index (χ0n) is 12.5. The molecule has 122 valence electrons. The molecule has 0 aliphatic carbocycles. The van der Waals surface area contributed by atoms with Crippen LogP contribution in [0.1, 0.15) is 12.5 Å². The number of amides is 1. The van der Waals surface area contributed by atoms with E-state index in [4.69, 9.17) is 27.9 Å². The van der Waals surface area contributed by atoms with E-state index in [2.05, 4.69) is 5.32 Å². The minimum Gasteiger partial charge on any atom is -0.481 e. The Labute approximate surface area is 144 Å². The average molecular weight is 356 g/mol. The van der Waals surface area contributed by atoms with Crippen molar-refractivity contribution in [3.05, 3.63) is 63.9 Å². The first-order valence-corrected chi connectivity index (χ1v) is 7.84. The summed E-state index contributed by atoms with van der Waals surface area (Å²) in [5.41, 5.74) is 0.946. The molecule has 3 nitrogen and oxygen atoms in total. The fourth-order valence-corrected chi connectivity index (χ4v) is 2.49. The van der Waals surface area contributed by atoms with Crippen molar-refractivity contribution < 1.29 is 13.9 Å². The molecular formula is C17H16Cl2FNO2. The molecule has 0 aliphatic rings. The molecular weight excluding hydrogens is 340 g/mol. The van der Waals surface area contributed by atoms with E-state index >= 15 is 0 Å². The van der Waals surface area contributed by atoms with Gasteiger partial charge in [0.05, 0.1) is 0 Å². The Morgan fingerprint density at radius 1 is 1.17 bits per heavy atom. The van der Waals surface area contributed by atoms with Crippen molar-refractivity contribution in [2.24, 2.45) is 0 Å². The summed E-state index contributed by atoms with van der Waals surface area (Å²) in [6.07, 6.45) is -0.0698. The van der Waals surface area contributed by atoms with Crippen molar-refractivity contribution in [1.29, 1.82) is 0 Å². The van der Waals surface area contributed by atoms with E-state index in [1.165, 1.54) is 12.1 Å². The fraction of sp³-hybridized carbons (Fsp3) is 0.235. The lowest BCUT2D eigenvalue weighted by molar-refractivity contribution is -0.127. The van der Waals surface area contributed by atoms with Crippen molar-refractivity contribution in [2.45, 2.75) is 19.4 Å². The monoisotopic (exact) mass is 355 g/mol. The molecule has 1 amide bonds. The predicted molar refractivity (Wildman–Crippen MR) is 89.7 cm³/mol. The van der Waals surface area contributed by atoms with Gasteiger partial charge in [-0.05, 0) is 49.2 Å². The van der Waals surface area contributed by atoms with Crippen molar-refractivity contribution >= 4 is 29.1 Å². The van der Waals surface area contributed by atoms with Gasteiger partial charge in [0.2, 0.25) is 0 Å². The molecule has 0 bridgehead atoms. The van der Waals surface area contributed by atoms with Gasteiger partial charge in [0, 0.05) is 16.6 Å². The summed E-state index contributed by atoms with van der Waals surface area (Å²) in [4.78, 5) is 12.0. The summed E-state index contributed by atoms with van der Waals surface area (Å²) >= 11 is 11.8. The molecule has 1 unspecified atom stereocenters. The highest BCUT2D eigenvalue weighted by molar-refractivity contribution is 6.34. The Bertz CT molecular complexity index is 657. The lowest BCUT2D eigenvalue weighted by atomic mass is 10.1. The number of hydrogen-bond donors (Lipinski definition) is 1. The molecule has 2 aromatic carbocycles. The average Bonchev–Trinajstić information content (AvgIpc) is 2.48. The second-order valence-electron chi connectivity index (χ2n) is 5.03. The lowest BCUT2D eigenvalue weighted by Crippen LogP contribution is -2.37. The van der Waals surface area contributed by atoms with Crippen LogP contribution in [0.3, 0.4) is 0 Å². The lowest BCUT2D eigenvalue weighted by Gasteiger charge is -2.15. The minimum atomic E-state index is -0.683. The first-order valence-electron chi connectivity index (χ1n) is 7.09. The van der Waals surface area contributed by atoms with E-state index in [1.54, 1.807) is 37.3 Å². The van der Waals surface area contributed by atoms with E-state index < -0.39 is 6.10 Å². The highest BCUT2D eigenvalue weighted by Gasteiger charge is 2.14. The van der Waals surface area contributed by atoms with Gasteiger partial charge < -0.3 is 10.1 Å². The highest BCUT2D eigenvalue weighted by atomic mass is 35.5. The molecule has 0 fully saturated rings. The SMILES string of the molecule is CC(Oc1cc(Cl)cc(Cl)c1)C(=O)NCCc1ccc(F)cc1. The number of carbonyl (C=O) groups excluding carboxylic acids is 1. The van der Waals surface area contributed by atoms with Crippen LogP contribution in [-0.2, 0) is 11.2 Å². The molecule has 0 aromatic heterocycles. The molecule has 1 N–H and O–H groups in total. The van der Waals surface area contributed by atoms with Gasteiger partial charge >= 0.3 is 0 Å². The topological polar surface area (TPSA) is 38.3 Å².